The van der Waals surface area contributed by atoms with Crippen LogP contribution in [-0.4, -0.2) is 26.0 Å². The molecule has 0 aliphatic heterocycles. The van der Waals surface area contributed by atoms with Crippen molar-refractivity contribution < 1.29 is 5.11 Å². The highest BCUT2D eigenvalue weighted by Crippen LogP contribution is 2.61. The summed E-state index contributed by atoms with van der Waals surface area (Å²) in [6.45, 7) is 2.91. The van der Waals surface area contributed by atoms with Crippen molar-refractivity contribution in [1.29, 1.82) is 0 Å². The molecule has 4 nitrogen and oxygen atoms in total. The van der Waals surface area contributed by atoms with Crippen molar-refractivity contribution >= 4 is 0 Å². The van der Waals surface area contributed by atoms with E-state index in [2.05, 4.69) is 17.0 Å². The number of aryl methyl sites for hydroxylation is 1. The van der Waals surface area contributed by atoms with Crippen LogP contribution in [0.3, 0.4) is 0 Å². The standard InChI is InChI=1S/C16H25N3O/c1-2-19-15(17-10-18-19)6-14(20)16-7-11-3-12(8-16)5-13(4-11)9-16/h10-14,20H,2-9H2,1H3. The molecule has 1 aromatic rings. The lowest BCUT2D eigenvalue weighted by atomic mass is 9.48. The van der Waals surface area contributed by atoms with Crippen molar-refractivity contribution in [3.05, 3.63) is 12.2 Å². The van der Waals surface area contributed by atoms with E-state index in [1.807, 2.05) is 4.68 Å². The fraction of sp³-hybridized carbons (Fsp3) is 0.875. The molecule has 4 heteroatoms. The van der Waals surface area contributed by atoms with Crippen LogP contribution in [0.2, 0.25) is 0 Å². The van der Waals surface area contributed by atoms with Crippen molar-refractivity contribution in [2.24, 2.45) is 23.2 Å². The average Bonchev–Trinajstić information content (AvgIpc) is 2.84. The summed E-state index contributed by atoms with van der Waals surface area (Å²) in [5, 5.41) is 15.2. The molecule has 20 heavy (non-hydrogen) atoms. The van der Waals surface area contributed by atoms with Gasteiger partial charge in [0.1, 0.15) is 12.2 Å². The van der Waals surface area contributed by atoms with Gasteiger partial charge in [0.05, 0.1) is 6.10 Å². The van der Waals surface area contributed by atoms with Gasteiger partial charge in [-0.2, -0.15) is 5.10 Å². The first-order chi connectivity index (χ1) is 9.68. The maximum absolute atomic E-state index is 10.9. The Kier molecular flexibility index (Phi) is 2.92. The third-order valence-electron chi connectivity index (χ3n) is 6.16. The quantitative estimate of drug-likeness (QED) is 0.918. The van der Waals surface area contributed by atoms with Crippen LogP contribution in [0.1, 0.15) is 51.3 Å². The SMILES string of the molecule is CCn1ncnc1CC(O)C12CC3CC(CC(C3)C1)C2. The minimum absolute atomic E-state index is 0.194. The largest absolute Gasteiger partial charge is 0.392 e. The normalized spacial score (nSPS) is 40.2. The Labute approximate surface area is 120 Å². The summed E-state index contributed by atoms with van der Waals surface area (Å²) in [7, 11) is 0. The van der Waals surface area contributed by atoms with Gasteiger partial charge in [-0.15, -0.1) is 0 Å². The molecule has 4 aliphatic rings. The molecule has 0 radical (unpaired) electrons. The summed E-state index contributed by atoms with van der Waals surface area (Å²) in [6, 6.07) is 0. The van der Waals surface area contributed by atoms with E-state index in [0.717, 1.165) is 30.1 Å². The van der Waals surface area contributed by atoms with Crippen molar-refractivity contribution in [2.75, 3.05) is 0 Å². The molecule has 0 aromatic carbocycles. The van der Waals surface area contributed by atoms with Gasteiger partial charge in [-0.25, -0.2) is 4.98 Å². The molecule has 1 atom stereocenters. The third kappa shape index (κ3) is 1.92. The van der Waals surface area contributed by atoms with Gasteiger partial charge in [-0.05, 0) is 68.6 Å². The summed E-state index contributed by atoms with van der Waals surface area (Å²) >= 11 is 0. The molecule has 5 rings (SSSR count). The van der Waals surface area contributed by atoms with Gasteiger partial charge in [0.2, 0.25) is 0 Å². The zero-order valence-corrected chi connectivity index (χ0v) is 12.3. The summed E-state index contributed by atoms with van der Waals surface area (Å²) in [5.41, 5.74) is 0.194. The first-order valence-electron chi connectivity index (χ1n) is 8.23. The minimum Gasteiger partial charge on any atom is -0.392 e. The van der Waals surface area contributed by atoms with E-state index in [-0.39, 0.29) is 11.5 Å². The van der Waals surface area contributed by atoms with Crippen LogP contribution in [0.25, 0.3) is 0 Å². The zero-order valence-electron chi connectivity index (χ0n) is 12.3. The Balaban J connectivity index is 1.55. The minimum atomic E-state index is -0.231. The van der Waals surface area contributed by atoms with Gasteiger partial charge in [-0.1, -0.05) is 0 Å². The monoisotopic (exact) mass is 275 g/mol. The van der Waals surface area contributed by atoms with E-state index in [9.17, 15) is 5.11 Å². The summed E-state index contributed by atoms with van der Waals surface area (Å²) in [5.74, 6) is 3.62. The van der Waals surface area contributed by atoms with E-state index < -0.39 is 0 Å². The van der Waals surface area contributed by atoms with Crippen LogP contribution in [-0.2, 0) is 13.0 Å². The second-order valence-corrected chi connectivity index (χ2v) is 7.49. The molecule has 1 unspecified atom stereocenters. The number of aliphatic hydroxyl groups excluding tert-OH is 1. The molecule has 4 fully saturated rings. The number of nitrogens with zero attached hydrogens (tertiary/aromatic N) is 3. The molecular formula is C16H25N3O. The molecule has 4 aliphatic carbocycles. The summed E-state index contributed by atoms with van der Waals surface area (Å²) in [4.78, 5) is 4.35. The van der Waals surface area contributed by atoms with Crippen molar-refractivity contribution in [1.82, 2.24) is 14.8 Å². The number of rotatable bonds is 4. The topological polar surface area (TPSA) is 50.9 Å². The van der Waals surface area contributed by atoms with Gasteiger partial charge in [-0.3, -0.25) is 4.68 Å². The Morgan fingerprint density at radius 3 is 2.40 bits per heavy atom. The zero-order chi connectivity index (χ0) is 13.7. The van der Waals surface area contributed by atoms with Gasteiger partial charge >= 0.3 is 0 Å². The molecule has 4 bridgehead atoms. The maximum atomic E-state index is 10.9. The lowest BCUT2D eigenvalue weighted by Crippen LogP contribution is -2.52. The fourth-order valence-corrected chi connectivity index (χ4v) is 5.69. The number of aromatic nitrogens is 3. The molecule has 0 saturated heterocycles. The number of aliphatic hydroxyl groups is 1. The van der Waals surface area contributed by atoms with Crippen LogP contribution in [0.15, 0.2) is 6.33 Å². The lowest BCUT2D eigenvalue weighted by Gasteiger charge is -2.58. The van der Waals surface area contributed by atoms with Crippen molar-refractivity contribution in [3.8, 4) is 0 Å². The molecule has 1 aromatic heterocycles. The molecule has 0 spiro atoms. The second-order valence-electron chi connectivity index (χ2n) is 7.49. The van der Waals surface area contributed by atoms with Crippen LogP contribution >= 0.6 is 0 Å². The molecule has 0 amide bonds. The smallest absolute Gasteiger partial charge is 0.138 e. The predicted molar refractivity (Wildman–Crippen MR) is 76.0 cm³/mol. The van der Waals surface area contributed by atoms with E-state index in [4.69, 9.17) is 0 Å². The fourth-order valence-electron chi connectivity index (χ4n) is 5.69. The van der Waals surface area contributed by atoms with Gasteiger partial charge < -0.3 is 5.11 Å². The Morgan fingerprint density at radius 2 is 1.85 bits per heavy atom. The van der Waals surface area contributed by atoms with Crippen LogP contribution in [0.5, 0.6) is 0 Å². The number of hydrogen-bond acceptors (Lipinski definition) is 3. The number of hydrogen-bond donors (Lipinski definition) is 1. The van der Waals surface area contributed by atoms with Crippen molar-refractivity contribution in [2.45, 2.75) is 64.5 Å². The Bertz CT molecular complexity index is 460. The average molecular weight is 275 g/mol. The van der Waals surface area contributed by atoms with Gasteiger partial charge in [0.15, 0.2) is 0 Å². The maximum Gasteiger partial charge on any atom is 0.138 e. The van der Waals surface area contributed by atoms with Crippen LogP contribution in [0, 0.1) is 23.2 Å². The molecule has 1 heterocycles. The third-order valence-corrected chi connectivity index (χ3v) is 6.16. The van der Waals surface area contributed by atoms with E-state index in [0.29, 0.717) is 6.42 Å². The van der Waals surface area contributed by atoms with Gasteiger partial charge in [0.25, 0.3) is 0 Å². The molecule has 4 saturated carbocycles. The highest BCUT2D eigenvalue weighted by Gasteiger charge is 2.53. The Hall–Kier alpha value is -0.900. The summed E-state index contributed by atoms with van der Waals surface area (Å²) in [6.07, 6.45) is 10.1. The second kappa shape index (κ2) is 4.55. The Morgan fingerprint density at radius 1 is 1.25 bits per heavy atom. The van der Waals surface area contributed by atoms with Crippen molar-refractivity contribution in [3.63, 3.8) is 0 Å². The lowest BCUT2D eigenvalue weighted by molar-refractivity contribution is -0.120. The highest BCUT2D eigenvalue weighted by atomic mass is 16.3. The predicted octanol–water partition coefficient (Wildman–Crippen LogP) is 2.42. The molecule has 110 valence electrons. The molecular weight excluding hydrogens is 250 g/mol. The van der Waals surface area contributed by atoms with Gasteiger partial charge in [0, 0.05) is 13.0 Å². The molecule has 1 N–H and O–H groups in total. The van der Waals surface area contributed by atoms with E-state index >= 15 is 0 Å². The first-order valence-corrected chi connectivity index (χ1v) is 8.23. The highest BCUT2D eigenvalue weighted by molar-refractivity contribution is 5.06. The summed E-state index contributed by atoms with van der Waals surface area (Å²) < 4.78 is 1.92. The van der Waals surface area contributed by atoms with Crippen LogP contribution in [0.4, 0.5) is 0 Å². The van der Waals surface area contributed by atoms with E-state index in [1.165, 1.54) is 38.5 Å². The first kappa shape index (κ1) is 12.8. The van der Waals surface area contributed by atoms with E-state index in [1.54, 1.807) is 6.33 Å². The van der Waals surface area contributed by atoms with Crippen LogP contribution < -0.4 is 0 Å².